The van der Waals surface area contributed by atoms with Crippen LogP contribution < -0.4 is 0 Å². The molecule has 0 radical (unpaired) electrons. The Morgan fingerprint density at radius 2 is 2.45 bits per heavy atom. The molecule has 1 aliphatic heterocycles. The number of hydrogen-bond donors (Lipinski definition) is 1. The molecule has 1 N–H and O–H groups in total. The van der Waals surface area contributed by atoms with Crippen LogP contribution in [0.4, 0.5) is 0 Å². The summed E-state index contributed by atoms with van der Waals surface area (Å²) in [4.78, 5) is 4.95. The van der Waals surface area contributed by atoms with E-state index in [9.17, 15) is 0 Å². The van der Waals surface area contributed by atoms with Crippen molar-refractivity contribution in [2.24, 2.45) is 0 Å². The van der Waals surface area contributed by atoms with E-state index in [0.29, 0.717) is 0 Å². The molecule has 0 unspecified atom stereocenters. The van der Waals surface area contributed by atoms with E-state index in [1.807, 2.05) is 23.1 Å². The lowest BCUT2D eigenvalue weighted by molar-refractivity contribution is 1.08. The second-order valence-corrected chi connectivity index (χ2v) is 4.72. The van der Waals surface area contributed by atoms with E-state index >= 15 is 0 Å². The molecule has 0 fully saturated rings. The fourth-order valence-corrected chi connectivity index (χ4v) is 3.74. The van der Waals surface area contributed by atoms with Gasteiger partial charge in [-0.1, -0.05) is 0 Å². The van der Waals surface area contributed by atoms with Gasteiger partial charge in [0.05, 0.1) is 10.2 Å². The Labute approximate surface area is 72.8 Å². The van der Waals surface area contributed by atoms with Crippen molar-refractivity contribution in [3.05, 3.63) is 17.1 Å². The van der Waals surface area contributed by atoms with Crippen LogP contribution in [0.15, 0.2) is 16.3 Å². The molecule has 3 heteroatoms. The van der Waals surface area contributed by atoms with E-state index in [0.717, 1.165) is 0 Å². The smallest absolute Gasteiger partial charge is 0.0658 e. The summed E-state index contributed by atoms with van der Waals surface area (Å²) in [6.07, 6.45) is 1.22. The monoisotopic (exact) mass is 181 g/mol. The number of aryl methyl sites for hydroxylation is 1. The first kappa shape index (κ1) is 6.14. The van der Waals surface area contributed by atoms with Crippen molar-refractivity contribution >= 4 is 33.3 Å². The predicted octanol–water partition coefficient (Wildman–Crippen LogP) is 2.88. The number of H-pyrrole nitrogens is 1. The molecule has 0 spiro atoms. The molecule has 0 saturated carbocycles. The van der Waals surface area contributed by atoms with Crippen LogP contribution in [0.5, 0.6) is 0 Å². The maximum absolute atomic E-state index is 3.45. The van der Waals surface area contributed by atoms with Crippen molar-refractivity contribution < 1.29 is 0 Å². The Morgan fingerprint density at radius 1 is 1.45 bits per heavy atom. The van der Waals surface area contributed by atoms with Crippen molar-refractivity contribution in [2.75, 3.05) is 5.75 Å². The molecule has 56 valence electrons. The van der Waals surface area contributed by atoms with Crippen LogP contribution in [-0.4, -0.2) is 10.7 Å². The molecule has 0 aliphatic carbocycles. The summed E-state index contributed by atoms with van der Waals surface area (Å²) in [5.41, 5.74) is 2.78. The van der Waals surface area contributed by atoms with Crippen LogP contribution in [0.25, 0.3) is 10.2 Å². The average molecular weight is 181 g/mol. The molecule has 0 saturated heterocycles. The van der Waals surface area contributed by atoms with Gasteiger partial charge in [0.2, 0.25) is 0 Å². The number of nitrogens with one attached hydrogen (secondary N) is 1. The summed E-state index contributed by atoms with van der Waals surface area (Å²) in [5.74, 6) is 1.26. The van der Waals surface area contributed by atoms with Crippen molar-refractivity contribution in [3.63, 3.8) is 0 Å². The molecule has 3 rings (SSSR count). The van der Waals surface area contributed by atoms with Crippen LogP contribution in [0.1, 0.15) is 5.69 Å². The summed E-state index contributed by atoms with van der Waals surface area (Å²) < 4.78 is 1.46. The number of thioether (sulfide) groups is 1. The molecule has 1 aliphatic rings. The molecule has 1 nitrogen and oxygen atoms in total. The number of hydrogen-bond acceptors (Lipinski definition) is 2. The molecular weight excluding hydrogens is 174 g/mol. The minimum atomic E-state index is 1.22. The molecule has 11 heavy (non-hydrogen) atoms. The quantitative estimate of drug-likeness (QED) is 0.660. The lowest BCUT2D eigenvalue weighted by atomic mass is 10.3. The number of fused-ring (bicyclic) bond motifs is 3. The summed E-state index contributed by atoms with van der Waals surface area (Å²) in [7, 11) is 0. The topological polar surface area (TPSA) is 15.8 Å². The molecule has 3 heterocycles. The summed E-state index contributed by atoms with van der Waals surface area (Å²) in [6.45, 7) is 0. The molecule has 0 bridgehead atoms. The van der Waals surface area contributed by atoms with Crippen LogP contribution in [0.2, 0.25) is 0 Å². The van der Waals surface area contributed by atoms with E-state index in [1.165, 1.54) is 33.0 Å². The first-order valence-corrected chi connectivity index (χ1v) is 5.52. The van der Waals surface area contributed by atoms with Crippen LogP contribution in [0, 0.1) is 0 Å². The lowest BCUT2D eigenvalue weighted by Gasteiger charge is -1.83. The van der Waals surface area contributed by atoms with Crippen molar-refractivity contribution in [3.8, 4) is 0 Å². The number of rotatable bonds is 0. The van der Waals surface area contributed by atoms with Gasteiger partial charge in [-0.3, -0.25) is 0 Å². The Morgan fingerprint density at radius 3 is 3.45 bits per heavy atom. The fraction of sp³-hybridized carbons (Fsp3) is 0.250. The third-order valence-corrected chi connectivity index (χ3v) is 4.24. The summed E-state index contributed by atoms with van der Waals surface area (Å²) in [5, 5.41) is 2.15. The van der Waals surface area contributed by atoms with Gasteiger partial charge in [-0.25, -0.2) is 0 Å². The SMILES string of the molecule is c1cc2[nH]c3c(c2s1)SCC3. The maximum atomic E-state index is 3.45. The maximum Gasteiger partial charge on any atom is 0.0658 e. The molecule has 0 aromatic carbocycles. The standard InChI is InChI=1S/C8H7NS2/c1-3-10-7-5(1)9-6-2-4-11-8(6)7/h1,3,9H,2,4H2. The lowest BCUT2D eigenvalue weighted by Crippen LogP contribution is -1.78. The van der Waals surface area contributed by atoms with Gasteiger partial charge in [0.25, 0.3) is 0 Å². The normalized spacial score (nSPS) is 16.0. The minimum Gasteiger partial charge on any atom is -0.357 e. The second kappa shape index (κ2) is 2.05. The molecule has 0 atom stereocenters. The van der Waals surface area contributed by atoms with E-state index < -0.39 is 0 Å². The van der Waals surface area contributed by atoms with E-state index in [-0.39, 0.29) is 0 Å². The van der Waals surface area contributed by atoms with Crippen LogP contribution in [-0.2, 0) is 6.42 Å². The van der Waals surface area contributed by atoms with Gasteiger partial charge in [-0.2, -0.15) is 0 Å². The molecule has 2 aromatic rings. The number of aromatic nitrogens is 1. The highest BCUT2D eigenvalue weighted by Crippen LogP contribution is 2.39. The van der Waals surface area contributed by atoms with Gasteiger partial charge in [-0.15, -0.1) is 23.1 Å². The third-order valence-electron chi connectivity index (χ3n) is 2.03. The van der Waals surface area contributed by atoms with E-state index in [1.54, 1.807) is 0 Å². The molecule has 0 amide bonds. The Hall–Kier alpha value is -0.410. The van der Waals surface area contributed by atoms with Gasteiger partial charge in [0.15, 0.2) is 0 Å². The molecule has 2 aromatic heterocycles. The Bertz CT molecular complexity index is 399. The number of thiophene rings is 1. The fourth-order valence-electron chi connectivity index (χ4n) is 1.52. The highest BCUT2D eigenvalue weighted by atomic mass is 32.2. The van der Waals surface area contributed by atoms with Gasteiger partial charge < -0.3 is 4.98 Å². The summed E-state index contributed by atoms with van der Waals surface area (Å²) >= 11 is 3.84. The van der Waals surface area contributed by atoms with Crippen LogP contribution in [0.3, 0.4) is 0 Å². The zero-order valence-electron chi connectivity index (χ0n) is 5.89. The summed E-state index contributed by atoms with van der Waals surface area (Å²) in [6, 6.07) is 2.17. The van der Waals surface area contributed by atoms with E-state index in [4.69, 9.17) is 0 Å². The van der Waals surface area contributed by atoms with Crippen molar-refractivity contribution in [1.29, 1.82) is 0 Å². The Balaban J connectivity index is 2.46. The predicted molar refractivity (Wildman–Crippen MR) is 50.6 cm³/mol. The van der Waals surface area contributed by atoms with Crippen molar-refractivity contribution in [1.82, 2.24) is 4.98 Å². The van der Waals surface area contributed by atoms with Gasteiger partial charge >= 0.3 is 0 Å². The highest BCUT2D eigenvalue weighted by Gasteiger charge is 2.17. The first-order chi connectivity index (χ1) is 5.45. The molecular formula is C8H7NS2. The minimum absolute atomic E-state index is 1.22. The average Bonchev–Trinajstić information content (AvgIpc) is 2.52. The zero-order chi connectivity index (χ0) is 7.26. The van der Waals surface area contributed by atoms with E-state index in [2.05, 4.69) is 16.4 Å². The van der Waals surface area contributed by atoms with Crippen LogP contribution >= 0.6 is 23.1 Å². The van der Waals surface area contributed by atoms with Gasteiger partial charge in [0.1, 0.15) is 0 Å². The second-order valence-electron chi connectivity index (χ2n) is 2.69. The largest absolute Gasteiger partial charge is 0.357 e. The third kappa shape index (κ3) is 0.726. The van der Waals surface area contributed by atoms with Gasteiger partial charge in [0, 0.05) is 16.3 Å². The Kier molecular flexibility index (Phi) is 1.14. The number of aromatic amines is 1. The zero-order valence-corrected chi connectivity index (χ0v) is 7.52. The van der Waals surface area contributed by atoms with Crippen molar-refractivity contribution in [2.45, 2.75) is 11.3 Å². The van der Waals surface area contributed by atoms with Gasteiger partial charge in [-0.05, 0) is 17.9 Å². The first-order valence-electron chi connectivity index (χ1n) is 3.66. The highest BCUT2D eigenvalue weighted by molar-refractivity contribution is 8.00.